The number of carbonyl (C=O) groups is 1. The average Bonchev–Trinajstić information content (AvgIpc) is 2.72. The van der Waals surface area contributed by atoms with Crippen molar-refractivity contribution >= 4 is 6.29 Å². The van der Waals surface area contributed by atoms with Crippen molar-refractivity contribution in [2.24, 2.45) is 0 Å². The van der Waals surface area contributed by atoms with Gasteiger partial charge < -0.3 is 9.47 Å². The summed E-state index contributed by atoms with van der Waals surface area (Å²) in [6.07, 6.45) is 15.1. The fourth-order valence-corrected chi connectivity index (χ4v) is 3.86. The second-order valence-electron chi connectivity index (χ2n) is 7.96. The first-order valence-electron chi connectivity index (χ1n) is 11.4. The number of hydrogen-bond acceptors (Lipinski definition) is 3. The van der Waals surface area contributed by atoms with Gasteiger partial charge in [-0.3, -0.25) is 4.79 Å². The average molecular weight is 391 g/mol. The highest BCUT2D eigenvalue weighted by atomic mass is 16.5. The minimum atomic E-state index is 0.260. The monoisotopic (exact) mass is 390 g/mol. The third kappa shape index (κ3) is 11.0. The maximum Gasteiger partial charge on any atom is 0.150 e. The maximum atomic E-state index is 11.5. The van der Waals surface area contributed by atoms with Gasteiger partial charge in [-0.15, -0.1) is 0 Å². The molecule has 0 saturated heterocycles. The van der Waals surface area contributed by atoms with Crippen molar-refractivity contribution in [1.29, 1.82) is 0 Å². The van der Waals surface area contributed by atoms with E-state index in [1.54, 1.807) is 7.11 Å². The molecule has 0 N–H and O–H groups in total. The second-order valence-corrected chi connectivity index (χ2v) is 7.96. The molecule has 0 saturated carbocycles. The Labute approximate surface area is 173 Å². The molecular formula is C25H42O3. The summed E-state index contributed by atoms with van der Waals surface area (Å²) in [5, 5.41) is 0. The van der Waals surface area contributed by atoms with E-state index in [-0.39, 0.29) is 6.10 Å². The van der Waals surface area contributed by atoms with Crippen LogP contribution < -0.4 is 0 Å². The Hall–Kier alpha value is -1.19. The molecule has 0 radical (unpaired) electrons. The predicted molar refractivity (Wildman–Crippen MR) is 118 cm³/mol. The number of aldehydes is 1. The molecule has 2 unspecified atom stereocenters. The number of hydrogen-bond donors (Lipinski definition) is 0. The molecule has 0 amide bonds. The minimum Gasteiger partial charge on any atom is -0.382 e. The molecule has 1 rings (SSSR count). The molecule has 0 aliphatic rings. The van der Waals surface area contributed by atoms with Crippen LogP contribution in [-0.4, -0.2) is 32.7 Å². The van der Waals surface area contributed by atoms with Crippen LogP contribution in [0.2, 0.25) is 0 Å². The normalized spacial score (nSPS) is 13.4. The van der Waals surface area contributed by atoms with E-state index in [0.717, 1.165) is 31.1 Å². The number of methoxy groups -OCH3 is 1. The summed E-state index contributed by atoms with van der Waals surface area (Å²) < 4.78 is 10.8. The Bertz CT molecular complexity index is 500. The fourth-order valence-electron chi connectivity index (χ4n) is 3.86. The SMILES string of the molecule is CCCCCCCCCC(CCCC(C)OCCOC)c1ccccc1C=O. The lowest BCUT2D eigenvalue weighted by molar-refractivity contribution is 0.0212. The summed E-state index contributed by atoms with van der Waals surface area (Å²) in [6, 6.07) is 8.13. The van der Waals surface area contributed by atoms with Crippen molar-refractivity contribution in [3.63, 3.8) is 0 Å². The number of unbranched alkanes of at least 4 members (excludes halogenated alkanes) is 6. The first kappa shape index (κ1) is 24.8. The van der Waals surface area contributed by atoms with Crippen LogP contribution in [0.25, 0.3) is 0 Å². The van der Waals surface area contributed by atoms with Crippen LogP contribution in [0.15, 0.2) is 24.3 Å². The summed E-state index contributed by atoms with van der Waals surface area (Å²) in [6.45, 7) is 5.71. The molecule has 0 aliphatic carbocycles. The van der Waals surface area contributed by atoms with E-state index in [1.165, 1.54) is 56.9 Å². The van der Waals surface area contributed by atoms with Crippen LogP contribution in [0, 0.1) is 0 Å². The summed E-state index contributed by atoms with van der Waals surface area (Å²) in [5.41, 5.74) is 2.09. The Morgan fingerprint density at radius 1 is 0.893 bits per heavy atom. The van der Waals surface area contributed by atoms with Gasteiger partial charge in [0.1, 0.15) is 6.29 Å². The lowest BCUT2D eigenvalue weighted by Crippen LogP contribution is -2.13. The highest BCUT2D eigenvalue weighted by molar-refractivity contribution is 5.77. The van der Waals surface area contributed by atoms with E-state index in [1.807, 2.05) is 12.1 Å². The van der Waals surface area contributed by atoms with E-state index in [2.05, 4.69) is 26.0 Å². The topological polar surface area (TPSA) is 35.5 Å². The molecule has 28 heavy (non-hydrogen) atoms. The molecule has 0 heterocycles. The molecule has 0 aliphatic heterocycles. The zero-order valence-corrected chi connectivity index (χ0v) is 18.5. The number of rotatable bonds is 18. The zero-order valence-electron chi connectivity index (χ0n) is 18.5. The highest BCUT2D eigenvalue weighted by Crippen LogP contribution is 2.30. The molecule has 2 atom stereocenters. The van der Waals surface area contributed by atoms with Crippen molar-refractivity contribution in [3.05, 3.63) is 35.4 Å². The maximum absolute atomic E-state index is 11.5. The Balaban J connectivity index is 2.48. The van der Waals surface area contributed by atoms with E-state index in [0.29, 0.717) is 19.1 Å². The van der Waals surface area contributed by atoms with E-state index in [4.69, 9.17) is 9.47 Å². The zero-order chi connectivity index (χ0) is 20.5. The van der Waals surface area contributed by atoms with Crippen molar-refractivity contribution in [2.45, 2.75) is 96.5 Å². The molecule has 0 spiro atoms. The molecule has 3 nitrogen and oxygen atoms in total. The van der Waals surface area contributed by atoms with Gasteiger partial charge in [0, 0.05) is 12.7 Å². The third-order valence-electron chi connectivity index (χ3n) is 5.57. The molecular weight excluding hydrogens is 348 g/mol. The Kier molecular flexibility index (Phi) is 14.9. The van der Waals surface area contributed by atoms with Crippen molar-refractivity contribution in [2.75, 3.05) is 20.3 Å². The quantitative estimate of drug-likeness (QED) is 0.201. The molecule has 3 heteroatoms. The summed E-state index contributed by atoms with van der Waals surface area (Å²) in [7, 11) is 1.70. The summed E-state index contributed by atoms with van der Waals surface area (Å²) in [5.74, 6) is 0.475. The third-order valence-corrected chi connectivity index (χ3v) is 5.57. The van der Waals surface area contributed by atoms with Gasteiger partial charge in [0.05, 0.1) is 19.3 Å². The highest BCUT2D eigenvalue weighted by Gasteiger charge is 2.15. The van der Waals surface area contributed by atoms with Gasteiger partial charge in [-0.25, -0.2) is 0 Å². The van der Waals surface area contributed by atoms with Crippen LogP contribution in [-0.2, 0) is 9.47 Å². The molecule has 1 aromatic carbocycles. The lowest BCUT2D eigenvalue weighted by Gasteiger charge is -2.20. The molecule has 0 bridgehead atoms. The standard InChI is InChI=1S/C25H42O3/c1-4-5-6-7-8-9-10-15-23(25-18-12-11-16-24(25)21-26)17-13-14-22(2)28-20-19-27-3/h11-12,16,18,21-23H,4-10,13-15,17,19-20H2,1-3H3. The van der Waals surface area contributed by atoms with E-state index in [9.17, 15) is 4.79 Å². The van der Waals surface area contributed by atoms with Gasteiger partial charge in [-0.05, 0) is 37.7 Å². The van der Waals surface area contributed by atoms with Crippen LogP contribution in [0.5, 0.6) is 0 Å². The van der Waals surface area contributed by atoms with Gasteiger partial charge in [-0.1, -0.05) is 82.6 Å². The minimum absolute atomic E-state index is 0.260. The predicted octanol–water partition coefficient (Wildman–Crippen LogP) is 6.95. The largest absolute Gasteiger partial charge is 0.382 e. The number of ether oxygens (including phenoxy) is 2. The molecule has 0 aromatic heterocycles. The number of carbonyl (C=O) groups excluding carboxylic acids is 1. The Morgan fingerprint density at radius 2 is 1.57 bits per heavy atom. The number of benzene rings is 1. The smallest absolute Gasteiger partial charge is 0.150 e. The second kappa shape index (κ2) is 16.7. The van der Waals surface area contributed by atoms with E-state index < -0.39 is 0 Å². The van der Waals surface area contributed by atoms with Crippen molar-refractivity contribution < 1.29 is 14.3 Å². The van der Waals surface area contributed by atoms with Crippen molar-refractivity contribution in [1.82, 2.24) is 0 Å². The first-order chi connectivity index (χ1) is 13.7. The molecule has 0 fully saturated rings. The van der Waals surface area contributed by atoms with Gasteiger partial charge in [0.15, 0.2) is 0 Å². The van der Waals surface area contributed by atoms with Crippen LogP contribution >= 0.6 is 0 Å². The van der Waals surface area contributed by atoms with Gasteiger partial charge >= 0.3 is 0 Å². The lowest BCUT2D eigenvalue weighted by atomic mass is 9.86. The van der Waals surface area contributed by atoms with Crippen molar-refractivity contribution in [3.8, 4) is 0 Å². The fraction of sp³-hybridized carbons (Fsp3) is 0.720. The van der Waals surface area contributed by atoms with Gasteiger partial charge in [0.25, 0.3) is 0 Å². The van der Waals surface area contributed by atoms with Gasteiger partial charge in [0.2, 0.25) is 0 Å². The van der Waals surface area contributed by atoms with Crippen LogP contribution in [0.3, 0.4) is 0 Å². The first-order valence-corrected chi connectivity index (χ1v) is 11.4. The Morgan fingerprint density at radius 3 is 2.29 bits per heavy atom. The van der Waals surface area contributed by atoms with Crippen LogP contribution in [0.1, 0.15) is 106 Å². The van der Waals surface area contributed by atoms with Gasteiger partial charge in [-0.2, -0.15) is 0 Å². The molecule has 1 aromatic rings. The van der Waals surface area contributed by atoms with Crippen LogP contribution in [0.4, 0.5) is 0 Å². The molecule has 160 valence electrons. The summed E-state index contributed by atoms with van der Waals surface area (Å²) >= 11 is 0. The van der Waals surface area contributed by atoms with E-state index >= 15 is 0 Å². The summed E-state index contributed by atoms with van der Waals surface area (Å²) in [4.78, 5) is 11.5.